The molecule has 0 aromatic heterocycles. The third kappa shape index (κ3) is 3.32. The van der Waals surface area contributed by atoms with E-state index in [1.807, 2.05) is 0 Å². The number of benzene rings is 1. The maximum absolute atomic E-state index is 12.8. The van der Waals surface area contributed by atoms with Gasteiger partial charge in [0.1, 0.15) is 0 Å². The first kappa shape index (κ1) is 18.4. The van der Waals surface area contributed by atoms with E-state index in [0.29, 0.717) is 34.0 Å². The van der Waals surface area contributed by atoms with Crippen LogP contribution in [0.15, 0.2) is 18.2 Å². The Balaban J connectivity index is 1.39. The topological polar surface area (TPSA) is 55.4 Å². The van der Waals surface area contributed by atoms with Gasteiger partial charge in [-0.1, -0.05) is 29.3 Å². The summed E-state index contributed by atoms with van der Waals surface area (Å²) in [7, 11) is 0. The number of anilines is 1. The van der Waals surface area contributed by atoms with Crippen molar-refractivity contribution in [3.8, 4) is 0 Å². The molecule has 140 valence electrons. The highest BCUT2D eigenvalue weighted by Gasteiger charge is 2.60. The predicted molar refractivity (Wildman–Crippen MR) is 102 cm³/mol. The van der Waals surface area contributed by atoms with E-state index in [9.17, 15) is 9.59 Å². The molecule has 2 atom stereocenters. The van der Waals surface area contributed by atoms with E-state index in [1.165, 1.54) is 0 Å². The fraction of sp³-hybridized carbons (Fsp3) is 0.579. The third-order valence-electron chi connectivity index (χ3n) is 5.98. The van der Waals surface area contributed by atoms with Gasteiger partial charge < -0.3 is 10.1 Å². The second-order valence-corrected chi connectivity index (χ2v) is 9.73. The van der Waals surface area contributed by atoms with Gasteiger partial charge in [-0.05, 0) is 62.5 Å². The Kier molecular flexibility index (Phi) is 4.65. The second-order valence-electron chi connectivity index (χ2n) is 8.11. The monoisotopic (exact) mass is 415 g/mol. The number of carbonyl (C=O) groups excluding carboxylic acids is 2. The Morgan fingerprint density at radius 2 is 1.73 bits per heavy atom. The molecule has 1 aromatic carbocycles. The molecule has 0 aliphatic heterocycles. The number of nitrogens with one attached hydrogen (secondary N) is 1. The van der Waals surface area contributed by atoms with E-state index in [4.69, 9.17) is 39.5 Å². The minimum absolute atomic E-state index is 0.267. The summed E-state index contributed by atoms with van der Waals surface area (Å²) < 4.78 is 5.39. The molecule has 4 aliphatic carbocycles. The first-order valence-electron chi connectivity index (χ1n) is 8.89. The molecule has 0 spiro atoms. The van der Waals surface area contributed by atoms with Gasteiger partial charge >= 0.3 is 5.97 Å². The van der Waals surface area contributed by atoms with Crippen molar-refractivity contribution < 1.29 is 14.3 Å². The van der Waals surface area contributed by atoms with Crippen molar-refractivity contribution in [2.24, 2.45) is 17.3 Å². The highest BCUT2D eigenvalue weighted by molar-refractivity contribution is 6.39. The first-order chi connectivity index (χ1) is 12.3. The molecule has 4 bridgehead atoms. The smallest absolute Gasteiger partial charge is 0.312 e. The summed E-state index contributed by atoms with van der Waals surface area (Å²) in [5, 5.41) is 3.28. The summed E-state index contributed by atoms with van der Waals surface area (Å²) in [6.45, 7) is -0.354. The molecule has 4 saturated carbocycles. The molecular weight excluding hydrogens is 397 g/mol. The fourth-order valence-electron chi connectivity index (χ4n) is 5.47. The van der Waals surface area contributed by atoms with Gasteiger partial charge in [0.05, 0.1) is 21.1 Å². The van der Waals surface area contributed by atoms with Crippen LogP contribution in [-0.2, 0) is 14.3 Å². The van der Waals surface area contributed by atoms with Crippen molar-refractivity contribution in [2.75, 3.05) is 11.9 Å². The number of rotatable bonds is 4. The number of carbonyl (C=O) groups is 2. The molecule has 0 radical (unpaired) electrons. The van der Waals surface area contributed by atoms with Gasteiger partial charge in [-0.2, -0.15) is 0 Å². The quantitative estimate of drug-likeness (QED) is 0.552. The molecule has 5 rings (SSSR count). The van der Waals surface area contributed by atoms with Crippen molar-refractivity contribution in [1.29, 1.82) is 0 Å². The summed E-state index contributed by atoms with van der Waals surface area (Å²) in [5.74, 6) is 0.241. The van der Waals surface area contributed by atoms with Crippen LogP contribution >= 0.6 is 34.8 Å². The van der Waals surface area contributed by atoms with E-state index in [-0.39, 0.29) is 17.5 Å². The lowest BCUT2D eigenvalue weighted by Gasteiger charge is -2.58. The van der Waals surface area contributed by atoms with Gasteiger partial charge in [0, 0.05) is 4.87 Å². The molecule has 4 nitrogen and oxygen atoms in total. The number of esters is 1. The number of alkyl halides is 1. The average molecular weight is 417 g/mol. The highest BCUT2D eigenvalue weighted by Crippen LogP contribution is 2.64. The van der Waals surface area contributed by atoms with Crippen molar-refractivity contribution in [1.82, 2.24) is 0 Å². The van der Waals surface area contributed by atoms with E-state index in [1.54, 1.807) is 18.2 Å². The molecule has 1 N–H and O–H groups in total. The number of halogens is 3. The summed E-state index contributed by atoms with van der Waals surface area (Å²) in [5.41, 5.74) is -0.194. The lowest BCUT2D eigenvalue weighted by molar-refractivity contribution is -0.171. The van der Waals surface area contributed by atoms with Crippen LogP contribution in [-0.4, -0.2) is 23.4 Å². The third-order valence-corrected chi connectivity index (χ3v) is 7.06. The largest absolute Gasteiger partial charge is 0.455 e. The lowest BCUT2D eigenvalue weighted by Crippen LogP contribution is -2.56. The van der Waals surface area contributed by atoms with Crippen molar-refractivity contribution >= 4 is 52.4 Å². The SMILES string of the molecule is O=C(COC(=O)C12C[C@H]3C[C@@H](CC(Cl)(C3)C1)C2)Nc1c(Cl)cccc1Cl. The van der Waals surface area contributed by atoms with Crippen molar-refractivity contribution in [3.63, 3.8) is 0 Å². The summed E-state index contributed by atoms with van der Waals surface area (Å²) in [4.78, 5) is 24.7. The van der Waals surface area contributed by atoms with Gasteiger partial charge in [0.2, 0.25) is 0 Å². The number of para-hydroxylation sites is 1. The van der Waals surface area contributed by atoms with E-state index < -0.39 is 11.3 Å². The molecule has 1 aromatic rings. The van der Waals surface area contributed by atoms with E-state index in [0.717, 1.165) is 32.1 Å². The maximum Gasteiger partial charge on any atom is 0.312 e. The molecule has 4 fully saturated rings. The molecule has 26 heavy (non-hydrogen) atoms. The van der Waals surface area contributed by atoms with Crippen LogP contribution in [0.3, 0.4) is 0 Å². The second kappa shape index (κ2) is 6.57. The Bertz CT molecular complexity index is 732. The van der Waals surface area contributed by atoms with Crippen molar-refractivity contribution in [2.45, 2.75) is 43.4 Å². The molecule has 1 amide bonds. The van der Waals surface area contributed by atoms with Gasteiger partial charge in [-0.25, -0.2) is 0 Å². The molecule has 0 unspecified atom stereocenters. The van der Waals surface area contributed by atoms with Gasteiger partial charge in [0.25, 0.3) is 5.91 Å². The average Bonchev–Trinajstić information content (AvgIpc) is 2.54. The Morgan fingerprint density at radius 3 is 2.31 bits per heavy atom. The number of hydrogen-bond donors (Lipinski definition) is 1. The van der Waals surface area contributed by atoms with Crippen LogP contribution in [0.5, 0.6) is 0 Å². The van der Waals surface area contributed by atoms with Crippen LogP contribution in [0.2, 0.25) is 10.0 Å². The zero-order chi connectivity index (χ0) is 18.5. The van der Waals surface area contributed by atoms with Gasteiger partial charge in [-0.15, -0.1) is 11.6 Å². The number of ether oxygens (including phenoxy) is 1. The van der Waals surface area contributed by atoms with Crippen LogP contribution in [0.25, 0.3) is 0 Å². The minimum atomic E-state index is -0.520. The van der Waals surface area contributed by atoms with Crippen LogP contribution in [0, 0.1) is 17.3 Å². The summed E-state index contributed by atoms with van der Waals surface area (Å²) in [6.07, 6.45) is 5.46. The maximum atomic E-state index is 12.8. The highest BCUT2D eigenvalue weighted by atomic mass is 35.5. The molecular formula is C19H20Cl3NO3. The molecule has 4 aliphatic rings. The summed E-state index contributed by atoms with van der Waals surface area (Å²) in [6, 6.07) is 4.95. The predicted octanol–water partition coefficient (Wildman–Crippen LogP) is 5.05. The van der Waals surface area contributed by atoms with Crippen molar-refractivity contribution in [3.05, 3.63) is 28.2 Å². The van der Waals surface area contributed by atoms with E-state index in [2.05, 4.69) is 5.32 Å². The molecule has 0 heterocycles. The standard InChI is InChI=1S/C19H20Cl3NO3/c20-13-2-1-3-14(21)16(13)23-15(24)9-26-17(25)18-5-11-4-12(6-18)8-19(22,7-11)10-18/h1-3,11-12H,4-10H2,(H,23,24)/t11-,12-,18?,19?/m1/s1. The number of hydrogen-bond acceptors (Lipinski definition) is 3. The number of amides is 1. The minimum Gasteiger partial charge on any atom is -0.455 e. The molecule has 0 saturated heterocycles. The summed E-state index contributed by atoms with van der Waals surface area (Å²) >= 11 is 18.8. The van der Waals surface area contributed by atoms with Gasteiger partial charge in [0.15, 0.2) is 6.61 Å². The molecule has 7 heteroatoms. The lowest BCUT2D eigenvalue weighted by atomic mass is 9.49. The Morgan fingerprint density at radius 1 is 1.12 bits per heavy atom. The van der Waals surface area contributed by atoms with Gasteiger partial charge in [-0.3, -0.25) is 9.59 Å². The normalized spacial score (nSPS) is 34.6. The Hall–Kier alpha value is -0.970. The Labute approximate surface area is 167 Å². The fourth-order valence-corrected chi connectivity index (χ4v) is 6.65. The zero-order valence-electron chi connectivity index (χ0n) is 14.2. The van der Waals surface area contributed by atoms with Crippen LogP contribution in [0.1, 0.15) is 38.5 Å². The van der Waals surface area contributed by atoms with E-state index >= 15 is 0 Å². The first-order valence-corrected chi connectivity index (χ1v) is 10.0. The van der Waals surface area contributed by atoms with Crippen LogP contribution in [0.4, 0.5) is 5.69 Å². The zero-order valence-corrected chi connectivity index (χ0v) is 16.5. The van der Waals surface area contributed by atoms with Crippen LogP contribution < -0.4 is 5.32 Å².